The molecule has 1 N–H and O–H groups in total. The lowest BCUT2D eigenvalue weighted by Gasteiger charge is -2.17. The highest BCUT2D eigenvalue weighted by Crippen LogP contribution is 2.22. The fourth-order valence-corrected chi connectivity index (χ4v) is 1.53. The molecule has 1 atom stereocenters. The minimum absolute atomic E-state index is 0.0998. The number of hydrogen-bond acceptors (Lipinski definition) is 2. The molecule has 0 spiro atoms. The van der Waals surface area contributed by atoms with Gasteiger partial charge in [0, 0.05) is 13.0 Å². The average molecular weight is 222 g/mol. The lowest BCUT2D eigenvalue weighted by molar-refractivity contribution is -0.137. The van der Waals surface area contributed by atoms with E-state index in [1.165, 1.54) is 0 Å². The van der Waals surface area contributed by atoms with Gasteiger partial charge in [-0.2, -0.15) is 0 Å². The number of hydrogen-bond donors (Lipinski definition) is 1. The highest BCUT2D eigenvalue weighted by molar-refractivity contribution is 5.66. The molecule has 1 unspecified atom stereocenters. The third-order valence-corrected chi connectivity index (χ3v) is 2.31. The summed E-state index contributed by atoms with van der Waals surface area (Å²) in [5.41, 5.74) is 1.05. The molecule has 3 heteroatoms. The first kappa shape index (κ1) is 12.7. The number of carbonyl (C=O) groups is 1. The zero-order chi connectivity index (χ0) is 11.8. The van der Waals surface area contributed by atoms with Crippen LogP contribution < -0.4 is 0 Å². The van der Waals surface area contributed by atoms with Gasteiger partial charge in [-0.05, 0) is 18.4 Å². The molecule has 16 heavy (non-hydrogen) atoms. The maximum absolute atomic E-state index is 10.6. The molecule has 0 fully saturated rings. The van der Waals surface area contributed by atoms with E-state index < -0.39 is 5.97 Å². The summed E-state index contributed by atoms with van der Waals surface area (Å²) in [6.45, 7) is 2.71. The summed E-state index contributed by atoms with van der Waals surface area (Å²) in [6.07, 6.45) is 1.51. The van der Waals surface area contributed by atoms with Crippen LogP contribution in [0.15, 0.2) is 30.3 Å². The van der Waals surface area contributed by atoms with Gasteiger partial charge in [-0.1, -0.05) is 37.3 Å². The second kappa shape index (κ2) is 7.01. The van der Waals surface area contributed by atoms with Crippen LogP contribution >= 0.6 is 0 Å². The number of benzene rings is 1. The van der Waals surface area contributed by atoms with Crippen molar-refractivity contribution >= 4 is 5.97 Å². The Kier molecular flexibility index (Phi) is 5.57. The predicted molar refractivity (Wildman–Crippen MR) is 62.3 cm³/mol. The standard InChI is InChI=1S/C13H18O3/c1-2-10-16-12(8-9-13(14)15)11-6-4-3-5-7-11/h3-7,12H,2,8-10H2,1H3,(H,14,15). The Balaban J connectivity index is 2.59. The van der Waals surface area contributed by atoms with E-state index in [4.69, 9.17) is 9.84 Å². The Bertz CT molecular complexity index is 308. The van der Waals surface area contributed by atoms with Crippen molar-refractivity contribution in [2.24, 2.45) is 0 Å². The van der Waals surface area contributed by atoms with E-state index in [2.05, 4.69) is 0 Å². The van der Waals surface area contributed by atoms with Gasteiger partial charge in [-0.15, -0.1) is 0 Å². The zero-order valence-corrected chi connectivity index (χ0v) is 9.56. The monoisotopic (exact) mass is 222 g/mol. The average Bonchev–Trinajstić information content (AvgIpc) is 2.30. The summed E-state index contributed by atoms with van der Waals surface area (Å²) in [5.74, 6) is -0.777. The summed E-state index contributed by atoms with van der Waals surface area (Å²) in [7, 11) is 0. The van der Waals surface area contributed by atoms with Crippen molar-refractivity contribution in [1.29, 1.82) is 0 Å². The smallest absolute Gasteiger partial charge is 0.303 e. The van der Waals surface area contributed by atoms with E-state index in [1.807, 2.05) is 37.3 Å². The Labute approximate surface area is 96.1 Å². The maximum Gasteiger partial charge on any atom is 0.303 e. The Morgan fingerprint density at radius 3 is 2.62 bits per heavy atom. The molecule has 0 aromatic heterocycles. The van der Waals surface area contributed by atoms with Crippen LogP contribution in [0.3, 0.4) is 0 Å². The molecule has 0 saturated heterocycles. The van der Waals surface area contributed by atoms with Crippen molar-refractivity contribution in [2.75, 3.05) is 6.61 Å². The predicted octanol–water partition coefficient (Wildman–Crippen LogP) is 3.02. The van der Waals surface area contributed by atoms with Crippen molar-refractivity contribution in [2.45, 2.75) is 32.3 Å². The topological polar surface area (TPSA) is 46.5 Å². The normalized spacial score (nSPS) is 12.3. The molecule has 1 rings (SSSR count). The third kappa shape index (κ3) is 4.45. The van der Waals surface area contributed by atoms with Gasteiger partial charge < -0.3 is 9.84 Å². The van der Waals surface area contributed by atoms with Gasteiger partial charge >= 0.3 is 5.97 Å². The first-order valence-electron chi connectivity index (χ1n) is 5.62. The van der Waals surface area contributed by atoms with Gasteiger partial charge in [0.1, 0.15) is 0 Å². The molecule has 88 valence electrons. The first-order valence-corrected chi connectivity index (χ1v) is 5.62. The highest BCUT2D eigenvalue weighted by atomic mass is 16.5. The number of aliphatic carboxylic acids is 1. The third-order valence-electron chi connectivity index (χ3n) is 2.31. The van der Waals surface area contributed by atoms with E-state index in [9.17, 15) is 4.79 Å². The van der Waals surface area contributed by atoms with Crippen LogP contribution in [0.1, 0.15) is 37.9 Å². The number of carboxylic acid groups (broad SMARTS) is 1. The van der Waals surface area contributed by atoms with E-state index in [0.29, 0.717) is 13.0 Å². The van der Waals surface area contributed by atoms with Gasteiger partial charge in [0.05, 0.1) is 6.10 Å². The van der Waals surface area contributed by atoms with Crippen LogP contribution in [-0.4, -0.2) is 17.7 Å². The summed E-state index contributed by atoms with van der Waals surface area (Å²) in [5, 5.41) is 8.68. The molecule has 0 aliphatic heterocycles. The van der Waals surface area contributed by atoms with Gasteiger partial charge in [-0.3, -0.25) is 4.79 Å². The summed E-state index contributed by atoms with van der Waals surface area (Å²) in [6, 6.07) is 9.78. The Morgan fingerprint density at radius 2 is 2.06 bits per heavy atom. The number of ether oxygens (including phenoxy) is 1. The summed E-state index contributed by atoms with van der Waals surface area (Å²) < 4.78 is 5.66. The minimum Gasteiger partial charge on any atom is -0.481 e. The van der Waals surface area contributed by atoms with Crippen molar-refractivity contribution in [3.8, 4) is 0 Å². The Morgan fingerprint density at radius 1 is 1.38 bits per heavy atom. The van der Waals surface area contributed by atoms with Crippen LogP contribution in [0.2, 0.25) is 0 Å². The van der Waals surface area contributed by atoms with Gasteiger partial charge in [0.15, 0.2) is 0 Å². The molecule has 0 bridgehead atoms. The van der Waals surface area contributed by atoms with Gasteiger partial charge in [-0.25, -0.2) is 0 Å². The lowest BCUT2D eigenvalue weighted by atomic mass is 10.0. The van der Waals surface area contributed by atoms with Crippen LogP contribution in [0.5, 0.6) is 0 Å². The minimum atomic E-state index is -0.777. The fourth-order valence-electron chi connectivity index (χ4n) is 1.53. The number of carboxylic acids is 1. The van der Waals surface area contributed by atoms with Crippen molar-refractivity contribution in [3.05, 3.63) is 35.9 Å². The molecule has 0 aliphatic carbocycles. The van der Waals surface area contributed by atoms with Crippen molar-refractivity contribution < 1.29 is 14.6 Å². The van der Waals surface area contributed by atoms with Crippen LogP contribution in [0, 0.1) is 0 Å². The van der Waals surface area contributed by atoms with E-state index in [1.54, 1.807) is 0 Å². The van der Waals surface area contributed by atoms with Gasteiger partial charge in [0.2, 0.25) is 0 Å². The molecule has 0 saturated carbocycles. The van der Waals surface area contributed by atoms with Crippen molar-refractivity contribution in [1.82, 2.24) is 0 Å². The second-order valence-corrected chi connectivity index (χ2v) is 3.70. The summed E-state index contributed by atoms with van der Waals surface area (Å²) in [4.78, 5) is 10.6. The number of rotatable bonds is 7. The van der Waals surface area contributed by atoms with Crippen LogP contribution in [-0.2, 0) is 9.53 Å². The van der Waals surface area contributed by atoms with Crippen molar-refractivity contribution in [3.63, 3.8) is 0 Å². The molecule has 0 aliphatic rings. The van der Waals surface area contributed by atoms with Crippen LogP contribution in [0.25, 0.3) is 0 Å². The molecule has 1 aromatic carbocycles. The van der Waals surface area contributed by atoms with Crippen LogP contribution in [0.4, 0.5) is 0 Å². The largest absolute Gasteiger partial charge is 0.481 e. The quantitative estimate of drug-likeness (QED) is 0.771. The maximum atomic E-state index is 10.6. The fraction of sp³-hybridized carbons (Fsp3) is 0.462. The van der Waals surface area contributed by atoms with E-state index in [0.717, 1.165) is 12.0 Å². The molecule has 0 heterocycles. The SMILES string of the molecule is CCCOC(CCC(=O)O)c1ccccc1. The first-order chi connectivity index (χ1) is 7.74. The zero-order valence-electron chi connectivity index (χ0n) is 9.56. The molecule has 0 radical (unpaired) electrons. The summed E-state index contributed by atoms with van der Waals surface area (Å²) >= 11 is 0. The van der Waals surface area contributed by atoms with Gasteiger partial charge in [0.25, 0.3) is 0 Å². The molecular weight excluding hydrogens is 204 g/mol. The van der Waals surface area contributed by atoms with E-state index >= 15 is 0 Å². The highest BCUT2D eigenvalue weighted by Gasteiger charge is 2.12. The molecule has 1 aromatic rings. The molecular formula is C13H18O3. The Hall–Kier alpha value is -1.35. The second-order valence-electron chi connectivity index (χ2n) is 3.70. The van der Waals surface area contributed by atoms with E-state index in [-0.39, 0.29) is 12.5 Å². The molecule has 0 amide bonds. The lowest BCUT2D eigenvalue weighted by Crippen LogP contribution is -2.08. The molecule has 3 nitrogen and oxygen atoms in total.